The van der Waals surface area contributed by atoms with Gasteiger partial charge < -0.3 is 4.98 Å². The molecule has 0 spiro atoms. The van der Waals surface area contributed by atoms with Gasteiger partial charge in [0.05, 0.1) is 11.1 Å². The Balaban J connectivity index is 2.02. The normalized spacial score (nSPS) is 12.0. The summed E-state index contributed by atoms with van der Waals surface area (Å²) >= 11 is 0. The van der Waals surface area contributed by atoms with Crippen molar-refractivity contribution in [2.75, 3.05) is 0 Å². The van der Waals surface area contributed by atoms with Gasteiger partial charge >= 0.3 is 6.18 Å². The van der Waals surface area contributed by atoms with E-state index in [4.69, 9.17) is 0 Å². The van der Waals surface area contributed by atoms with Crippen LogP contribution < -0.4 is 0 Å². The molecular weight excluding hydrogens is 269 g/mol. The van der Waals surface area contributed by atoms with Crippen LogP contribution in [0.15, 0.2) is 30.5 Å². The molecule has 0 aliphatic heterocycles. The Morgan fingerprint density at radius 1 is 1.05 bits per heavy atom. The Hall–Kier alpha value is -2.44. The van der Waals surface area contributed by atoms with Crippen LogP contribution in [0.2, 0.25) is 0 Å². The summed E-state index contributed by atoms with van der Waals surface area (Å²) in [7, 11) is 0. The second-order valence-electron chi connectivity index (χ2n) is 4.34. The number of H-pyrrole nitrogens is 1. The third-order valence-corrected chi connectivity index (χ3v) is 2.82. The number of hydrogen-bond donors (Lipinski definition) is 1. The third kappa shape index (κ3) is 2.22. The first-order valence-corrected chi connectivity index (χ1v) is 5.80. The van der Waals surface area contributed by atoms with Crippen molar-refractivity contribution in [2.24, 2.45) is 0 Å². The highest BCUT2D eigenvalue weighted by Gasteiger charge is 2.30. The van der Waals surface area contributed by atoms with Gasteiger partial charge in [0.2, 0.25) is 0 Å². The predicted octanol–water partition coefficient (Wildman–Crippen LogP) is 3.35. The van der Waals surface area contributed by atoms with Crippen molar-refractivity contribution < 1.29 is 13.2 Å². The molecule has 3 aromatic rings. The standard InChI is InChI=1S/C13H9F3N4/c1-7-2-4-10-12(18-7)20-11(19-10)9-5-3-8(6-17-9)13(14,15)16/h2-6H,1H3,(H,18,19,20). The van der Waals surface area contributed by atoms with Crippen LogP contribution in [0.4, 0.5) is 13.2 Å². The zero-order valence-electron chi connectivity index (χ0n) is 10.4. The molecule has 0 aliphatic rings. The number of pyridine rings is 2. The van der Waals surface area contributed by atoms with Crippen molar-refractivity contribution >= 4 is 11.2 Å². The first kappa shape index (κ1) is 12.6. The number of aromatic amines is 1. The number of rotatable bonds is 1. The second kappa shape index (κ2) is 4.29. The Bertz CT molecular complexity index is 759. The molecule has 0 amide bonds. The number of imidazole rings is 1. The molecule has 102 valence electrons. The fourth-order valence-electron chi connectivity index (χ4n) is 1.81. The maximum Gasteiger partial charge on any atom is 0.417 e. The van der Waals surface area contributed by atoms with Gasteiger partial charge in [0.1, 0.15) is 5.69 Å². The summed E-state index contributed by atoms with van der Waals surface area (Å²) in [5.74, 6) is 0.395. The summed E-state index contributed by atoms with van der Waals surface area (Å²) in [5, 5.41) is 0. The van der Waals surface area contributed by atoms with Gasteiger partial charge in [-0.1, -0.05) is 0 Å². The summed E-state index contributed by atoms with van der Waals surface area (Å²) in [4.78, 5) is 15.2. The summed E-state index contributed by atoms with van der Waals surface area (Å²) in [6, 6.07) is 5.91. The van der Waals surface area contributed by atoms with Gasteiger partial charge in [-0.15, -0.1) is 0 Å². The van der Waals surface area contributed by atoms with Crippen LogP contribution in [0, 0.1) is 6.92 Å². The lowest BCUT2D eigenvalue weighted by molar-refractivity contribution is -0.137. The Morgan fingerprint density at radius 3 is 2.50 bits per heavy atom. The van der Waals surface area contributed by atoms with E-state index >= 15 is 0 Å². The molecule has 3 aromatic heterocycles. The second-order valence-corrected chi connectivity index (χ2v) is 4.34. The SMILES string of the molecule is Cc1ccc2[nH]c(-c3ccc(C(F)(F)F)cn3)nc2n1. The van der Waals surface area contributed by atoms with Crippen molar-refractivity contribution in [1.29, 1.82) is 0 Å². The van der Waals surface area contributed by atoms with Crippen LogP contribution in [0.1, 0.15) is 11.3 Å². The van der Waals surface area contributed by atoms with Gasteiger partial charge in [0.15, 0.2) is 11.5 Å². The van der Waals surface area contributed by atoms with Gasteiger partial charge in [0, 0.05) is 11.9 Å². The molecule has 3 rings (SSSR count). The molecule has 0 aliphatic carbocycles. The smallest absolute Gasteiger partial charge is 0.335 e. The first-order valence-electron chi connectivity index (χ1n) is 5.80. The van der Waals surface area contributed by atoms with E-state index in [2.05, 4.69) is 19.9 Å². The maximum absolute atomic E-state index is 12.5. The Morgan fingerprint density at radius 2 is 1.85 bits per heavy atom. The minimum Gasteiger partial charge on any atom is -0.335 e. The van der Waals surface area contributed by atoms with Gasteiger partial charge in [-0.3, -0.25) is 4.98 Å². The molecule has 20 heavy (non-hydrogen) atoms. The average Bonchev–Trinajstić information content (AvgIpc) is 2.80. The fraction of sp³-hybridized carbons (Fsp3) is 0.154. The minimum absolute atomic E-state index is 0.341. The molecule has 0 fully saturated rings. The Labute approximate surface area is 111 Å². The molecule has 1 N–H and O–H groups in total. The summed E-state index contributed by atoms with van der Waals surface area (Å²) in [6.07, 6.45) is -3.60. The molecule has 0 bridgehead atoms. The van der Waals surface area contributed by atoms with E-state index in [0.29, 0.717) is 22.7 Å². The lowest BCUT2D eigenvalue weighted by Gasteiger charge is -2.05. The highest BCUT2D eigenvalue weighted by molar-refractivity contribution is 5.75. The van der Waals surface area contributed by atoms with E-state index in [0.717, 1.165) is 18.0 Å². The minimum atomic E-state index is -4.39. The lowest BCUT2D eigenvalue weighted by atomic mass is 10.2. The Kier molecular flexibility index (Phi) is 2.70. The van der Waals surface area contributed by atoms with Crippen molar-refractivity contribution in [1.82, 2.24) is 19.9 Å². The molecule has 4 nitrogen and oxygen atoms in total. The van der Waals surface area contributed by atoms with Gasteiger partial charge in [-0.05, 0) is 31.2 Å². The number of aryl methyl sites for hydroxylation is 1. The number of aromatic nitrogens is 4. The average molecular weight is 278 g/mol. The van der Waals surface area contributed by atoms with E-state index < -0.39 is 11.7 Å². The maximum atomic E-state index is 12.5. The van der Waals surface area contributed by atoms with Crippen molar-refractivity contribution in [3.8, 4) is 11.5 Å². The zero-order valence-corrected chi connectivity index (χ0v) is 10.4. The molecule has 0 radical (unpaired) electrons. The predicted molar refractivity (Wildman–Crippen MR) is 66.9 cm³/mol. The fourth-order valence-corrected chi connectivity index (χ4v) is 1.81. The highest BCUT2D eigenvalue weighted by Crippen LogP contribution is 2.29. The number of fused-ring (bicyclic) bond motifs is 1. The summed E-state index contributed by atoms with van der Waals surface area (Å²) < 4.78 is 37.4. The van der Waals surface area contributed by atoms with E-state index in [1.54, 1.807) is 0 Å². The van der Waals surface area contributed by atoms with Crippen molar-refractivity contribution in [3.63, 3.8) is 0 Å². The van der Waals surface area contributed by atoms with E-state index in [1.165, 1.54) is 6.07 Å². The van der Waals surface area contributed by atoms with Crippen LogP contribution in [-0.2, 0) is 6.18 Å². The highest BCUT2D eigenvalue weighted by atomic mass is 19.4. The number of nitrogens with one attached hydrogen (secondary N) is 1. The molecule has 0 aromatic carbocycles. The van der Waals surface area contributed by atoms with Gasteiger partial charge in [0.25, 0.3) is 0 Å². The molecular formula is C13H9F3N4. The molecule has 7 heteroatoms. The number of hydrogen-bond acceptors (Lipinski definition) is 3. The van der Waals surface area contributed by atoms with Gasteiger partial charge in [-0.2, -0.15) is 13.2 Å². The number of halogens is 3. The van der Waals surface area contributed by atoms with Crippen LogP contribution >= 0.6 is 0 Å². The zero-order chi connectivity index (χ0) is 14.3. The van der Waals surface area contributed by atoms with Crippen LogP contribution in [-0.4, -0.2) is 19.9 Å². The largest absolute Gasteiger partial charge is 0.417 e. The monoisotopic (exact) mass is 278 g/mol. The summed E-state index contributed by atoms with van der Waals surface area (Å²) in [6.45, 7) is 1.84. The van der Waals surface area contributed by atoms with Gasteiger partial charge in [-0.25, -0.2) is 9.97 Å². The first-order chi connectivity index (χ1) is 9.43. The quantitative estimate of drug-likeness (QED) is 0.742. The lowest BCUT2D eigenvalue weighted by Crippen LogP contribution is -2.05. The third-order valence-electron chi connectivity index (χ3n) is 2.82. The molecule has 0 saturated heterocycles. The van der Waals surface area contributed by atoms with Crippen molar-refractivity contribution in [2.45, 2.75) is 13.1 Å². The van der Waals surface area contributed by atoms with Crippen LogP contribution in [0.5, 0.6) is 0 Å². The molecule has 0 unspecified atom stereocenters. The van der Waals surface area contributed by atoms with Crippen LogP contribution in [0.25, 0.3) is 22.7 Å². The number of nitrogens with zero attached hydrogens (tertiary/aromatic N) is 3. The topological polar surface area (TPSA) is 54.5 Å². The molecule has 0 saturated carbocycles. The van der Waals surface area contributed by atoms with E-state index in [1.807, 2.05) is 19.1 Å². The van der Waals surface area contributed by atoms with E-state index in [9.17, 15) is 13.2 Å². The van der Waals surface area contributed by atoms with Crippen molar-refractivity contribution in [3.05, 3.63) is 41.7 Å². The number of alkyl halides is 3. The molecule has 3 heterocycles. The summed E-state index contributed by atoms with van der Waals surface area (Å²) in [5.41, 5.74) is 1.60. The van der Waals surface area contributed by atoms with Crippen LogP contribution in [0.3, 0.4) is 0 Å². The van der Waals surface area contributed by atoms with E-state index in [-0.39, 0.29) is 0 Å². The molecule has 0 atom stereocenters.